The van der Waals surface area contributed by atoms with E-state index >= 15 is 33.6 Å². The van der Waals surface area contributed by atoms with E-state index in [2.05, 4.69) is 83.6 Å². The van der Waals surface area contributed by atoms with Crippen LogP contribution in [0.4, 0.5) is 0 Å². The largest absolute Gasteiger partial charge is 0.508 e. The zero-order chi connectivity index (χ0) is 99.4. The number of benzene rings is 4. The summed E-state index contributed by atoms with van der Waals surface area (Å²) in [5, 5.41) is 106. The Balaban J connectivity index is 1.04. The maximum Gasteiger partial charge on any atom is 0.305 e. The number of likely N-dealkylation sites (N-methyl/N-ethyl adjacent to an activating group) is 2. The van der Waals surface area contributed by atoms with E-state index in [1.165, 1.54) is 67.4 Å². The highest BCUT2D eigenvalue weighted by atomic mass is 32.2. The number of nitrogens with zero attached hydrogens (tertiary/aromatic N) is 9. The maximum absolute atomic E-state index is 15.8. The molecule has 10 rings (SSSR count). The highest BCUT2D eigenvalue weighted by Crippen LogP contribution is 2.31. The molecule has 7 aromatic rings. The Bertz CT molecular complexity index is 5470. The molecule has 3 aromatic heterocycles. The maximum atomic E-state index is 15.8. The zero-order valence-corrected chi connectivity index (χ0v) is 77.1. The van der Waals surface area contributed by atoms with Gasteiger partial charge in [0.1, 0.15) is 78.4 Å². The van der Waals surface area contributed by atoms with Crippen molar-refractivity contribution in [3.05, 3.63) is 138 Å². The van der Waals surface area contributed by atoms with Gasteiger partial charge in [0.05, 0.1) is 55.9 Å². The number of H-pyrrole nitrogens is 2. The van der Waals surface area contributed by atoms with Crippen molar-refractivity contribution in [2.45, 2.75) is 233 Å². The van der Waals surface area contributed by atoms with Crippen molar-refractivity contribution in [1.82, 2.24) is 108 Å². The molecule has 22 N–H and O–H groups in total. The molecule has 4 aromatic carbocycles. The fourth-order valence-corrected chi connectivity index (χ4v) is 17.7. The standard InChI is InChI=1S/C90H119N23O23S/c1-6-8-22-68-84(130)98-59(30-32-75(120)121)80(126)105-67(79(125)95-42-73(92)118)45-137-46-74(119)97-64(34-49-25-27-54(115)28-26-49)87(133)109(4)48(3)78(124)103-65(39-76(122)123)89(135)111-33-15-24-69(111)85(131)102-63(37-53-41-93-47-96-53)82(128)99-60(29-31-72(91)117)88(134)112-43-55(116)38-71(112)86(132)101-62(36-52-40-94-58-21-13-12-20-57(52)58)81(127)104-66(44-114)83(129)100-61(35-51-18-14-17-50-16-10-11-19-56(50)51)77-106-107-108-113(77)70(23-9-7-2)90(136)110(68)5/h10-14,16-21,25-28,40-41,47-48,55,59-71,89,94,114-116,135H,6-9,15,22-24,29-39,42-46H2,1-5H3,(H2,91,117)(H2,92,118)(H,93,96)(H,95,125)(H,97,119)(H,98,130)(H,99,128)(H,100,129)(H,101,132)(H,102,131)(H,103,124)(H,104,127)(H,105,126)(H,120,121)(H,122,123)/t48-,55+,59-,60-,61-,62-,63-,64-,65-,66-,67-,68-,69-,70-,71-,89?/m0/s1. The fourth-order valence-electron chi connectivity index (χ4n) is 16.8. The molecule has 0 aliphatic carbocycles. The van der Waals surface area contributed by atoms with Gasteiger partial charge in [-0.25, -0.2) is 9.67 Å². The lowest BCUT2D eigenvalue weighted by Crippen LogP contribution is -2.61. The number of unbranched alkanes of at least 4 members (excludes halogenated alkanes) is 2. The van der Waals surface area contributed by atoms with Crippen molar-refractivity contribution in [3.8, 4) is 5.75 Å². The first-order valence-electron chi connectivity index (χ1n) is 45.1. The SMILES string of the molecule is CCCC[C@H]1C(=O)N[C@@H](CCC(=O)O)C(=O)N[C@H](C(=O)NCC(N)=O)CSCC(=O)N[C@@H](Cc2ccc(O)cc2)C(=O)N(C)[C@@H](C)C(=O)N[C@@H](CC(=O)O)C(O)N2CCC[C@H]2C(=O)N[C@@H](Cc2cnc[nH]2)C(=O)N[C@@H](CCC(N)=O)C(=O)N2C[C@H](O)C[C@H]2C(=O)N[C@@H](Cc2c[nH]c3ccccc23)C(=O)N[C@@H](CO)C(=O)N[C@@H](Cc2cccc3ccccc23)c2nnnn2[C@@H](CCCC)C(=O)N1C. The number of thioether (sulfide) groups is 1. The lowest BCUT2D eigenvalue weighted by Gasteiger charge is -2.36. The summed E-state index contributed by atoms with van der Waals surface area (Å²) in [6, 6.07) is 2.28. The highest BCUT2D eigenvalue weighted by Gasteiger charge is 2.47. The first kappa shape index (κ1) is 105. The van der Waals surface area contributed by atoms with E-state index in [4.69, 9.17) is 11.5 Å². The van der Waals surface area contributed by atoms with Crippen LogP contribution in [0.5, 0.6) is 5.75 Å². The number of aliphatic hydroxyl groups excluding tert-OH is 3. The number of aliphatic carboxylic acids is 2. The van der Waals surface area contributed by atoms with Gasteiger partial charge < -0.3 is 120 Å². The van der Waals surface area contributed by atoms with Crippen molar-refractivity contribution in [1.29, 1.82) is 0 Å². The number of tetrazole rings is 1. The molecule has 0 spiro atoms. The van der Waals surface area contributed by atoms with Crippen molar-refractivity contribution in [2.24, 2.45) is 11.5 Å². The Morgan fingerprint density at radius 1 is 0.577 bits per heavy atom. The quantitative estimate of drug-likeness (QED) is 0.0257. The van der Waals surface area contributed by atoms with Crippen molar-refractivity contribution >= 4 is 134 Å². The van der Waals surface area contributed by atoms with Crippen LogP contribution in [0.15, 0.2) is 110 Å². The molecule has 1 unspecified atom stereocenters. The number of phenolic OH excluding ortho intramolecular Hbond substituents is 1. The molecule has 47 heteroatoms. The summed E-state index contributed by atoms with van der Waals surface area (Å²) in [5.41, 5.74) is 13.3. The Morgan fingerprint density at radius 2 is 1.20 bits per heavy atom. The molecule has 3 aliphatic rings. The predicted octanol–water partition coefficient (Wildman–Crippen LogP) is -2.97. The van der Waals surface area contributed by atoms with E-state index in [0.29, 0.717) is 64.0 Å². The molecule has 15 amide bonds. The summed E-state index contributed by atoms with van der Waals surface area (Å²) in [6.07, 6.45) is -2.93. The minimum absolute atomic E-state index is 0.0241. The monoisotopic (exact) mass is 1920 g/mol. The Hall–Kier alpha value is -14.1. The van der Waals surface area contributed by atoms with Crippen LogP contribution >= 0.6 is 11.8 Å². The van der Waals surface area contributed by atoms with Crippen molar-refractivity contribution in [2.75, 3.05) is 51.8 Å². The topological polar surface area (TPSA) is 685 Å². The number of hydrogen-bond donors (Lipinski definition) is 20. The molecule has 2 fully saturated rings. The second kappa shape index (κ2) is 50.0. The molecule has 6 heterocycles. The van der Waals surface area contributed by atoms with Crippen LogP contribution < -0.4 is 64.6 Å². The second-order valence-corrected chi connectivity index (χ2v) is 35.2. The van der Waals surface area contributed by atoms with E-state index in [0.717, 1.165) is 20.1 Å². The number of hydrogen-bond acceptors (Lipinski definition) is 27. The molecule has 0 bridgehead atoms. The molecule has 0 radical (unpaired) electrons. The van der Waals surface area contributed by atoms with Crippen LogP contribution in [0, 0.1) is 0 Å². The number of carbonyl (C=O) groups is 17. The van der Waals surface area contributed by atoms with Crippen molar-refractivity contribution in [3.63, 3.8) is 0 Å². The third-order valence-corrected chi connectivity index (χ3v) is 25.4. The van der Waals surface area contributed by atoms with Crippen LogP contribution in [-0.2, 0) is 107 Å². The molecule has 16 atom stereocenters. The number of aromatic amines is 2. The summed E-state index contributed by atoms with van der Waals surface area (Å²) < 4.78 is 1.17. The van der Waals surface area contributed by atoms with E-state index < -0.39 is 267 Å². The molecule has 2 saturated heterocycles. The van der Waals surface area contributed by atoms with E-state index in [1.807, 2.05) is 31.2 Å². The summed E-state index contributed by atoms with van der Waals surface area (Å²) in [5.74, 6) is -19.5. The fraction of sp³-hybridized carbons (Fsp3) is 0.500. The van der Waals surface area contributed by atoms with Crippen LogP contribution in [0.1, 0.15) is 151 Å². The lowest BCUT2D eigenvalue weighted by molar-refractivity contribution is -0.145. The van der Waals surface area contributed by atoms with Crippen LogP contribution in [-0.4, -0.2) is 323 Å². The summed E-state index contributed by atoms with van der Waals surface area (Å²) >= 11 is 0.701. The molecular weight excluding hydrogens is 1800 g/mol. The summed E-state index contributed by atoms with van der Waals surface area (Å²) in [4.78, 5) is 259. The molecule has 3 aliphatic heterocycles. The number of rotatable bonds is 26. The van der Waals surface area contributed by atoms with Crippen molar-refractivity contribution < 1.29 is 112 Å². The number of aliphatic hydroxyl groups is 3. The lowest BCUT2D eigenvalue weighted by atomic mass is 9.97. The molecular formula is C90H119N23O23S. The smallest absolute Gasteiger partial charge is 0.305 e. The minimum atomic E-state index is -2.00. The van der Waals surface area contributed by atoms with Gasteiger partial charge in [-0.05, 0) is 102 Å². The number of carbonyl (C=O) groups excluding carboxylic acids is 15. The number of nitrogens with two attached hydrogens (primary N) is 2. The zero-order valence-electron chi connectivity index (χ0n) is 76.3. The Kier molecular flexibility index (Phi) is 38.3. The third kappa shape index (κ3) is 28.8. The predicted molar refractivity (Wildman–Crippen MR) is 491 cm³/mol. The van der Waals surface area contributed by atoms with Crippen LogP contribution in [0.2, 0.25) is 0 Å². The average molecular weight is 1920 g/mol. The number of carboxylic acids is 2. The minimum Gasteiger partial charge on any atom is -0.508 e. The van der Waals surface area contributed by atoms with Gasteiger partial charge in [-0.1, -0.05) is 112 Å². The molecule has 137 heavy (non-hydrogen) atoms. The average Bonchev–Trinajstić information content (AvgIpc) is 1.69. The third-order valence-electron chi connectivity index (χ3n) is 24.3. The van der Waals surface area contributed by atoms with E-state index in [1.54, 1.807) is 55.6 Å². The van der Waals surface area contributed by atoms with Gasteiger partial charge in [0.15, 0.2) is 5.82 Å². The number of aromatic hydroxyl groups is 1. The van der Waals surface area contributed by atoms with Gasteiger partial charge in [-0.3, -0.25) is 86.4 Å². The Morgan fingerprint density at radius 3 is 1.87 bits per heavy atom. The van der Waals surface area contributed by atoms with Crippen LogP contribution in [0.25, 0.3) is 21.7 Å². The number of amides is 15. The van der Waals surface area contributed by atoms with Gasteiger partial charge in [0.25, 0.3) is 0 Å². The molecule has 46 nitrogen and oxygen atoms in total. The van der Waals surface area contributed by atoms with Gasteiger partial charge in [0.2, 0.25) is 88.6 Å². The summed E-state index contributed by atoms with van der Waals surface area (Å²) in [6.45, 7) is 2.31. The van der Waals surface area contributed by atoms with Gasteiger partial charge in [-0.15, -0.1) is 16.9 Å². The number of fused-ring (bicyclic) bond motifs is 5. The van der Waals surface area contributed by atoms with Gasteiger partial charge in [0, 0.05) is 107 Å². The first-order chi connectivity index (χ1) is 65.4. The second-order valence-electron chi connectivity index (χ2n) is 34.2. The normalized spacial score (nSPS) is 24.9. The van der Waals surface area contributed by atoms with E-state index in [9.17, 15) is 78.6 Å². The van der Waals surface area contributed by atoms with E-state index in [-0.39, 0.29) is 81.6 Å². The number of nitrogens with one attached hydrogen (secondary N) is 12. The Labute approximate surface area is 790 Å². The van der Waals surface area contributed by atoms with Gasteiger partial charge >= 0.3 is 11.9 Å². The number of carboxylic acid groups (broad SMARTS) is 2. The van der Waals surface area contributed by atoms with Crippen LogP contribution in [0.3, 0.4) is 0 Å². The number of para-hydroxylation sites is 1. The summed E-state index contributed by atoms with van der Waals surface area (Å²) in [7, 11) is 2.49. The number of phenols is 1. The number of aromatic nitrogens is 7. The molecule has 738 valence electrons. The molecule has 0 saturated carbocycles. The highest BCUT2D eigenvalue weighted by molar-refractivity contribution is 8.00. The number of primary amides is 2. The first-order valence-corrected chi connectivity index (χ1v) is 46.3. The number of imidazole rings is 1. The van der Waals surface area contributed by atoms with Gasteiger partial charge in [-0.2, -0.15) is 0 Å².